The zero-order chi connectivity index (χ0) is 20.6. The molecule has 3 rings (SSSR count). The van der Waals surface area contributed by atoms with Crippen LogP contribution in [0.2, 0.25) is 0 Å². The second-order valence-electron chi connectivity index (χ2n) is 7.93. The van der Waals surface area contributed by atoms with Gasteiger partial charge >= 0.3 is 6.03 Å². The minimum atomic E-state index is -0.193. The van der Waals surface area contributed by atoms with E-state index in [4.69, 9.17) is 4.74 Å². The molecular weight excluding hydrogens is 364 g/mol. The molecule has 0 spiro atoms. The van der Waals surface area contributed by atoms with Crippen molar-refractivity contribution in [3.63, 3.8) is 0 Å². The fourth-order valence-electron chi connectivity index (χ4n) is 3.57. The maximum atomic E-state index is 12.5. The molecule has 29 heavy (non-hydrogen) atoms. The third kappa shape index (κ3) is 6.48. The van der Waals surface area contributed by atoms with Crippen LogP contribution < -0.4 is 15.4 Å². The van der Waals surface area contributed by atoms with Crippen molar-refractivity contribution < 1.29 is 9.53 Å². The van der Waals surface area contributed by atoms with E-state index >= 15 is 0 Å². The van der Waals surface area contributed by atoms with E-state index in [0.29, 0.717) is 29.9 Å². The first-order valence-corrected chi connectivity index (χ1v) is 10.3. The van der Waals surface area contributed by atoms with Crippen LogP contribution in [0.25, 0.3) is 0 Å². The molecule has 1 saturated heterocycles. The van der Waals surface area contributed by atoms with Gasteiger partial charge in [0.05, 0.1) is 0 Å². The quantitative estimate of drug-likeness (QED) is 0.746. The van der Waals surface area contributed by atoms with Crippen molar-refractivity contribution in [2.45, 2.75) is 19.9 Å². The Balaban J connectivity index is 1.52. The highest BCUT2D eigenvalue weighted by Gasteiger charge is 2.25. The highest BCUT2D eigenvalue weighted by atomic mass is 16.5. The average molecular weight is 397 g/mol. The molecule has 1 heterocycles. The molecule has 2 amide bonds. The summed E-state index contributed by atoms with van der Waals surface area (Å²) >= 11 is 0. The summed E-state index contributed by atoms with van der Waals surface area (Å²) in [5.41, 5.74) is 0.705. The monoisotopic (exact) mass is 396 g/mol. The number of nitrogens with one attached hydrogen (secondary N) is 2. The number of benzene rings is 2. The molecule has 1 aliphatic heterocycles. The maximum Gasteiger partial charge on any atom is 0.319 e. The molecule has 156 valence electrons. The number of likely N-dealkylation sites (N-methyl/N-ethyl adjacent to an activating group) is 1. The van der Waals surface area contributed by atoms with Crippen molar-refractivity contribution in [1.82, 2.24) is 15.1 Å². The lowest BCUT2D eigenvalue weighted by Gasteiger charge is -2.39. The number of anilines is 1. The number of hydrogen-bond acceptors (Lipinski definition) is 4. The fourth-order valence-corrected chi connectivity index (χ4v) is 3.57. The first-order chi connectivity index (χ1) is 14.0. The molecule has 1 fully saturated rings. The van der Waals surface area contributed by atoms with Gasteiger partial charge in [0.25, 0.3) is 0 Å². The third-order valence-corrected chi connectivity index (χ3v) is 5.32. The standard InChI is InChI=1S/C23H32N4O2/c1-18(2)22(27-14-12-26(3)13-15-27)17-24-23(28)25-19-8-7-11-21(16-19)29-20-9-5-4-6-10-20/h4-11,16,18,22H,12-15,17H2,1-3H3,(H2,24,25,28). The molecule has 2 aromatic carbocycles. The smallest absolute Gasteiger partial charge is 0.319 e. The van der Waals surface area contributed by atoms with E-state index in [-0.39, 0.29) is 6.03 Å². The maximum absolute atomic E-state index is 12.5. The molecule has 1 atom stereocenters. The molecule has 6 nitrogen and oxygen atoms in total. The summed E-state index contributed by atoms with van der Waals surface area (Å²) in [5, 5.41) is 5.96. The summed E-state index contributed by atoms with van der Waals surface area (Å²) in [7, 11) is 2.16. The van der Waals surface area contributed by atoms with E-state index in [1.165, 1.54) is 0 Å². The van der Waals surface area contributed by atoms with E-state index in [1.54, 1.807) is 0 Å². The lowest BCUT2D eigenvalue weighted by Crippen LogP contribution is -2.54. The van der Waals surface area contributed by atoms with Gasteiger partial charge in [0.1, 0.15) is 11.5 Å². The van der Waals surface area contributed by atoms with Gasteiger partial charge in [-0.1, -0.05) is 38.1 Å². The fraction of sp³-hybridized carbons (Fsp3) is 0.435. The number of urea groups is 1. The Kier molecular flexibility index (Phi) is 7.49. The Morgan fingerprint density at radius 1 is 1.00 bits per heavy atom. The van der Waals surface area contributed by atoms with Gasteiger partial charge in [0.15, 0.2) is 0 Å². The highest BCUT2D eigenvalue weighted by molar-refractivity contribution is 5.89. The van der Waals surface area contributed by atoms with E-state index in [9.17, 15) is 4.79 Å². The Bertz CT molecular complexity index is 773. The molecule has 2 aromatic rings. The predicted molar refractivity (Wildman–Crippen MR) is 118 cm³/mol. The Morgan fingerprint density at radius 3 is 2.38 bits per heavy atom. The van der Waals surface area contributed by atoms with Gasteiger partial charge in [0.2, 0.25) is 0 Å². The minimum absolute atomic E-state index is 0.193. The first-order valence-electron chi connectivity index (χ1n) is 10.3. The number of piperazine rings is 1. The highest BCUT2D eigenvalue weighted by Crippen LogP contribution is 2.23. The van der Waals surface area contributed by atoms with E-state index in [1.807, 2.05) is 54.6 Å². The normalized spacial score (nSPS) is 16.4. The van der Waals surface area contributed by atoms with Crippen LogP contribution in [0.1, 0.15) is 13.8 Å². The van der Waals surface area contributed by atoms with Gasteiger partial charge < -0.3 is 20.3 Å². The number of carbonyl (C=O) groups is 1. The number of amides is 2. The van der Waals surface area contributed by atoms with Crippen molar-refractivity contribution in [1.29, 1.82) is 0 Å². The van der Waals surface area contributed by atoms with E-state index in [0.717, 1.165) is 31.9 Å². The number of rotatable bonds is 7. The van der Waals surface area contributed by atoms with Gasteiger partial charge in [-0.2, -0.15) is 0 Å². The van der Waals surface area contributed by atoms with Crippen LogP contribution in [0.5, 0.6) is 11.5 Å². The Labute approximate surface area is 173 Å². The second-order valence-corrected chi connectivity index (χ2v) is 7.93. The van der Waals surface area contributed by atoms with Crippen LogP contribution in [0.4, 0.5) is 10.5 Å². The van der Waals surface area contributed by atoms with Gasteiger partial charge in [0, 0.05) is 50.5 Å². The summed E-state index contributed by atoms with van der Waals surface area (Å²) < 4.78 is 5.84. The zero-order valence-electron chi connectivity index (χ0n) is 17.6. The van der Waals surface area contributed by atoms with Crippen molar-refractivity contribution >= 4 is 11.7 Å². The van der Waals surface area contributed by atoms with Crippen molar-refractivity contribution in [3.05, 3.63) is 54.6 Å². The van der Waals surface area contributed by atoms with Gasteiger partial charge in [-0.05, 0) is 37.2 Å². The Hall–Kier alpha value is -2.57. The molecule has 2 N–H and O–H groups in total. The van der Waals surface area contributed by atoms with Crippen molar-refractivity contribution in [2.75, 3.05) is 45.1 Å². The van der Waals surface area contributed by atoms with Crippen LogP contribution in [0, 0.1) is 5.92 Å². The molecular formula is C23H32N4O2. The van der Waals surface area contributed by atoms with E-state index < -0.39 is 0 Å². The van der Waals surface area contributed by atoms with Crippen LogP contribution in [0.15, 0.2) is 54.6 Å². The summed E-state index contributed by atoms with van der Waals surface area (Å²) in [5.74, 6) is 1.92. The lowest BCUT2D eigenvalue weighted by molar-refractivity contribution is 0.0890. The number of nitrogens with zero attached hydrogens (tertiary/aromatic N) is 2. The number of para-hydroxylation sites is 1. The second kappa shape index (κ2) is 10.3. The van der Waals surface area contributed by atoms with Crippen molar-refractivity contribution in [3.8, 4) is 11.5 Å². The van der Waals surface area contributed by atoms with Crippen LogP contribution >= 0.6 is 0 Å². The molecule has 0 aliphatic carbocycles. The molecule has 6 heteroatoms. The van der Waals surface area contributed by atoms with Gasteiger partial charge in [-0.25, -0.2) is 4.79 Å². The van der Waals surface area contributed by atoms with Crippen LogP contribution in [0.3, 0.4) is 0 Å². The molecule has 0 saturated carbocycles. The van der Waals surface area contributed by atoms with Crippen LogP contribution in [-0.4, -0.2) is 61.6 Å². The largest absolute Gasteiger partial charge is 0.457 e. The van der Waals surface area contributed by atoms with Gasteiger partial charge in [-0.3, -0.25) is 4.90 Å². The minimum Gasteiger partial charge on any atom is -0.457 e. The molecule has 0 bridgehead atoms. The first kappa shape index (κ1) is 21.1. The van der Waals surface area contributed by atoms with E-state index in [2.05, 4.69) is 41.3 Å². The molecule has 1 aliphatic rings. The molecule has 1 unspecified atom stereocenters. The van der Waals surface area contributed by atoms with Crippen LogP contribution in [-0.2, 0) is 0 Å². The summed E-state index contributed by atoms with van der Waals surface area (Å²) in [6.07, 6.45) is 0. The SMILES string of the molecule is CC(C)C(CNC(=O)Nc1cccc(Oc2ccccc2)c1)N1CCN(C)CC1. The summed E-state index contributed by atoms with van der Waals surface area (Å²) in [6.45, 7) is 9.30. The van der Waals surface area contributed by atoms with Gasteiger partial charge in [-0.15, -0.1) is 0 Å². The molecule has 0 radical (unpaired) electrons. The number of hydrogen-bond donors (Lipinski definition) is 2. The number of carbonyl (C=O) groups excluding carboxylic acids is 1. The third-order valence-electron chi connectivity index (χ3n) is 5.32. The van der Waals surface area contributed by atoms with Crippen molar-refractivity contribution in [2.24, 2.45) is 5.92 Å². The number of ether oxygens (including phenoxy) is 1. The summed E-state index contributed by atoms with van der Waals surface area (Å²) in [6, 6.07) is 17.2. The lowest BCUT2D eigenvalue weighted by atomic mass is 10.0. The predicted octanol–water partition coefficient (Wildman–Crippen LogP) is 3.87. The average Bonchev–Trinajstić information content (AvgIpc) is 2.70. The molecule has 0 aromatic heterocycles. The Morgan fingerprint density at radius 2 is 1.69 bits per heavy atom. The topological polar surface area (TPSA) is 56.8 Å². The summed E-state index contributed by atoms with van der Waals surface area (Å²) in [4.78, 5) is 17.3. The zero-order valence-corrected chi connectivity index (χ0v) is 17.6.